The number of imidazole rings is 3. The molecule has 0 amide bonds. The van der Waals surface area contributed by atoms with E-state index < -0.39 is 7.12 Å². The van der Waals surface area contributed by atoms with Crippen molar-refractivity contribution in [1.29, 1.82) is 0 Å². The van der Waals surface area contributed by atoms with E-state index in [1.165, 1.54) is 0 Å². The minimum absolute atomic E-state index is 0.0211. The summed E-state index contributed by atoms with van der Waals surface area (Å²) in [5, 5.41) is 0. The van der Waals surface area contributed by atoms with Gasteiger partial charge in [0.05, 0.1) is 16.6 Å². The lowest BCUT2D eigenvalue weighted by atomic mass is 9.92. The average molecular weight is 381 g/mol. The normalized spacial score (nSPS) is 13.5. The third-order valence-electron chi connectivity index (χ3n) is 4.98. The maximum atomic E-state index is 3.52. The summed E-state index contributed by atoms with van der Waals surface area (Å²) < 4.78 is 12.8. The Kier molecular flexibility index (Phi) is 4.84. The highest BCUT2D eigenvalue weighted by molar-refractivity contribution is 6.37. The molecule has 7 heteroatoms. The molecule has 0 spiro atoms. The van der Waals surface area contributed by atoms with Crippen LogP contribution in [0.5, 0.6) is 0 Å². The topological polar surface area (TPSA) is 26.4 Å². The van der Waals surface area contributed by atoms with Gasteiger partial charge in [-0.15, -0.1) is 0 Å². The van der Waals surface area contributed by atoms with Crippen molar-refractivity contribution < 1.29 is 13.5 Å². The molecular formula is C21H34BN6-. The number of hydrogen-bond acceptors (Lipinski definition) is 0. The summed E-state index contributed by atoms with van der Waals surface area (Å²) in [6.07, 6.45) is 23.1. The van der Waals surface area contributed by atoms with Crippen LogP contribution in [0.2, 0.25) is 0 Å². The van der Waals surface area contributed by atoms with Crippen molar-refractivity contribution in [2.24, 2.45) is 0 Å². The third-order valence-corrected chi connectivity index (χ3v) is 4.98. The quantitative estimate of drug-likeness (QED) is 0.371. The molecule has 0 aliphatic rings. The number of aromatic nitrogens is 6. The highest BCUT2D eigenvalue weighted by Gasteiger charge is 2.24. The van der Waals surface area contributed by atoms with E-state index >= 15 is 0 Å². The lowest BCUT2D eigenvalue weighted by Crippen LogP contribution is -2.73. The van der Waals surface area contributed by atoms with Crippen LogP contribution in [0.4, 0.5) is 0 Å². The second-order valence-electron chi connectivity index (χ2n) is 10.7. The SMILES string of the molecule is CC(C)(C)n1[c-][n+]([BH-](n2[c-][n+](C(C)(C)C)cc2)[n+]2[c-]n(C(C)(C)C)cc2)cc1. The van der Waals surface area contributed by atoms with Crippen molar-refractivity contribution in [2.45, 2.75) is 78.9 Å². The molecular weight excluding hydrogens is 347 g/mol. The van der Waals surface area contributed by atoms with E-state index in [0.29, 0.717) is 0 Å². The van der Waals surface area contributed by atoms with Gasteiger partial charge >= 0.3 is 7.12 Å². The largest absolute Gasteiger partial charge is 0.499 e. The van der Waals surface area contributed by atoms with Crippen molar-refractivity contribution in [2.75, 3.05) is 0 Å². The summed E-state index contributed by atoms with van der Waals surface area (Å²) in [7, 11) is -1.24. The van der Waals surface area contributed by atoms with Gasteiger partial charge in [0.15, 0.2) is 19.0 Å². The Bertz CT molecular complexity index is 818. The van der Waals surface area contributed by atoms with Crippen LogP contribution in [0.25, 0.3) is 0 Å². The Balaban J connectivity index is 2.10. The van der Waals surface area contributed by atoms with E-state index in [1.807, 2.05) is 0 Å². The van der Waals surface area contributed by atoms with Crippen LogP contribution in [0, 0.1) is 19.0 Å². The summed E-state index contributed by atoms with van der Waals surface area (Å²) >= 11 is 0. The summed E-state index contributed by atoms with van der Waals surface area (Å²) in [6, 6.07) is 0. The molecule has 0 fully saturated rings. The Hall–Kier alpha value is -2.31. The first-order valence-corrected chi connectivity index (χ1v) is 10.0. The van der Waals surface area contributed by atoms with Gasteiger partial charge in [-0.2, -0.15) is 0 Å². The fourth-order valence-electron chi connectivity index (χ4n) is 3.14. The van der Waals surface area contributed by atoms with Gasteiger partial charge in [0.2, 0.25) is 0 Å². The van der Waals surface area contributed by atoms with Gasteiger partial charge in [0, 0.05) is 0 Å². The Morgan fingerprint density at radius 1 is 0.643 bits per heavy atom. The first-order valence-electron chi connectivity index (χ1n) is 10.0. The molecule has 0 aromatic carbocycles. The molecule has 0 aliphatic heterocycles. The van der Waals surface area contributed by atoms with E-state index in [9.17, 15) is 0 Å². The van der Waals surface area contributed by atoms with E-state index in [4.69, 9.17) is 0 Å². The van der Waals surface area contributed by atoms with Crippen molar-refractivity contribution in [1.82, 2.24) is 13.6 Å². The molecule has 3 aromatic rings. The van der Waals surface area contributed by atoms with Crippen molar-refractivity contribution >= 4 is 7.12 Å². The Morgan fingerprint density at radius 2 is 1.11 bits per heavy atom. The van der Waals surface area contributed by atoms with Crippen LogP contribution in [0.15, 0.2) is 37.2 Å². The van der Waals surface area contributed by atoms with Crippen molar-refractivity contribution in [3.05, 3.63) is 56.2 Å². The molecule has 0 bridgehead atoms. The molecule has 0 unspecified atom stereocenters. The van der Waals surface area contributed by atoms with E-state index in [-0.39, 0.29) is 16.6 Å². The average Bonchev–Trinajstić information content (AvgIpc) is 3.26. The van der Waals surface area contributed by atoms with Gasteiger partial charge < -0.3 is 27.1 Å². The second-order valence-corrected chi connectivity index (χ2v) is 10.7. The van der Waals surface area contributed by atoms with Crippen molar-refractivity contribution in [3.8, 4) is 0 Å². The van der Waals surface area contributed by atoms with Crippen LogP contribution in [0.3, 0.4) is 0 Å². The first kappa shape index (κ1) is 20.4. The Morgan fingerprint density at radius 3 is 1.43 bits per heavy atom. The molecule has 6 nitrogen and oxygen atoms in total. The van der Waals surface area contributed by atoms with Gasteiger partial charge in [-0.3, -0.25) is 0 Å². The number of hydrogen-bond donors (Lipinski definition) is 0. The van der Waals surface area contributed by atoms with E-state index in [1.54, 1.807) is 0 Å². The predicted octanol–water partition coefficient (Wildman–Crippen LogP) is 1.28. The van der Waals surface area contributed by atoms with Crippen LogP contribution >= 0.6 is 0 Å². The zero-order chi connectivity index (χ0) is 20.9. The molecule has 0 atom stereocenters. The molecule has 3 heterocycles. The Labute approximate surface area is 169 Å². The number of rotatable bonds is 3. The summed E-state index contributed by atoms with van der Waals surface area (Å²) in [4.78, 5) is 0. The molecule has 3 aromatic heterocycles. The first-order chi connectivity index (χ1) is 12.8. The minimum atomic E-state index is -1.24. The molecule has 3 rings (SSSR count). The molecule has 0 radical (unpaired) electrons. The molecule has 0 N–H and O–H groups in total. The van der Waals surface area contributed by atoms with Gasteiger partial charge in [-0.05, 0) is 80.9 Å². The van der Waals surface area contributed by atoms with Gasteiger partial charge in [0.25, 0.3) is 0 Å². The highest BCUT2D eigenvalue weighted by atomic mass is 15.3. The van der Waals surface area contributed by atoms with Gasteiger partial charge in [0.1, 0.15) is 0 Å². The van der Waals surface area contributed by atoms with E-state index in [0.717, 1.165) is 0 Å². The fraction of sp³-hybridized carbons (Fsp3) is 0.571. The monoisotopic (exact) mass is 381 g/mol. The predicted molar refractivity (Wildman–Crippen MR) is 109 cm³/mol. The second kappa shape index (κ2) is 6.64. The van der Waals surface area contributed by atoms with Gasteiger partial charge in [-0.25, -0.2) is 0 Å². The molecule has 28 heavy (non-hydrogen) atoms. The maximum Gasteiger partial charge on any atom is 0.499 e. The van der Waals surface area contributed by atoms with Crippen LogP contribution < -0.4 is 13.5 Å². The minimum Gasteiger partial charge on any atom is -0.475 e. The van der Waals surface area contributed by atoms with E-state index in [2.05, 4.69) is 146 Å². The standard InChI is InChI=1S/C21H34BN6/c1-19(2,3)23-10-13-26(16-23)22(27-14-11-24(17-27)20(4,5)6)28-15-12-25(18-28)21(7,8)9/h10-15,22H,1-9H3/q-1. The zero-order valence-corrected chi connectivity index (χ0v) is 18.9. The summed E-state index contributed by atoms with van der Waals surface area (Å²) in [6.45, 7) is 19.7. The lowest BCUT2D eigenvalue weighted by molar-refractivity contribution is -0.757. The van der Waals surface area contributed by atoms with Gasteiger partial charge in [-0.1, -0.05) is 18.6 Å². The van der Waals surface area contributed by atoms with Crippen LogP contribution in [0.1, 0.15) is 62.3 Å². The lowest BCUT2D eigenvalue weighted by Gasteiger charge is -2.26. The molecule has 152 valence electrons. The molecule has 0 saturated heterocycles. The van der Waals surface area contributed by atoms with Crippen LogP contribution in [-0.2, 0) is 16.6 Å². The fourth-order valence-corrected chi connectivity index (χ4v) is 3.14. The molecule has 0 aliphatic carbocycles. The van der Waals surface area contributed by atoms with Crippen molar-refractivity contribution in [3.63, 3.8) is 0 Å². The maximum absolute atomic E-state index is 3.52. The molecule has 0 saturated carbocycles. The summed E-state index contributed by atoms with van der Waals surface area (Å²) in [5.74, 6) is 0. The highest BCUT2D eigenvalue weighted by Crippen LogP contribution is 2.12. The summed E-state index contributed by atoms with van der Waals surface area (Å²) in [5.41, 5.74) is -0.0634. The van der Waals surface area contributed by atoms with Crippen LogP contribution in [-0.4, -0.2) is 20.7 Å². The smallest absolute Gasteiger partial charge is 0.475 e. The zero-order valence-electron chi connectivity index (χ0n) is 18.9. The number of nitrogens with zero attached hydrogens (tertiary/aromatic N) is 6. The third kappa shape index (κ3) is 4.08.